The predicted molar refractivity (Wildman–Crippen MR) is 105 cm³/mol. The summed E-state index contributed by atoms with van der Waals surface area (Å²) in [6.45, 7) is 2.06. The Balaban J connectivity index is 1.63. The highest BCUT2D eigenvalue weighted by molar-refractivity contribution is 5.82. The molecule has 3 unspecified atom stereocenters. The first-order valence-corrected chi connectivity index (χ1v) is 9.24. The average molecular weight is 369 g/mol. The Bertz CT molecular complexity index is 764. The van der Waals surface area contributed by atoms with Crippen molar-refractivity contribution >= 4 is 5.91 Å². The zero-order chi connectivity index (χ0) is 19.2. The third-order valence-electron chi connectivity index (χ3n) is 4.98. The predicted octanol–water partition coefficient (Wildman–Crippen LogP) is 2.88. The van der Waals surface area contributed by atoms with E-state index < -0.39 is 0 Å². The van der Waals surface area contributed by atoms with E-state index in [9.17, 15) is 4.79 Å². The van der Waals surface area contributed by atoms with Gasteiger partial charge in [-0.25, -0.2) is 10.9 Å². The van der Waals surface area contributed by atoms with Gasteiger partial charge in [-0.05, 0) is 36.6 Å². The van der Waals surface area contributed by atoms with Crippen LogP contribution in [0.15, 0.2) is 48.5 Å². The lowest BCUT2D eigenvalue weighted by Crippen LogP contribution is -2.44. The second-order valence-electron chi connectivity index (χ2n) is 6.61. The maximum Gasteiger partial charge on any atom is 0.239 e. The van der Waals surface area contributed by atoms with E-state index in [1.165, 1.54) is 0 Å². The van der Waals surface area contributed by atoms with Crippen LogP contribution >= 0.6 is 0 Å². The standard InChI is InChI=1S/C21H27N3O3/c1-4-17(14-9-11-15(26-2)12-10-14)22-21(25)19-13-18(23-24-19)16-7-5-6-8-20(16)27-3/h5-12,17-19,23-24H,4,13H2,1-3H3,(H,22,25). The first-order valence-electron chi connectivity index (χ1n) is 9.24. The van der Waals surface area contributed by atoms with Crippen molar-refractivity contribution in [3.8, 4) is 11.5 Å². The molecule has 1 saturated heterocycles. The highest BCUT2D eigenvalue weighted by Crippen LogP contribution is 2.30. The molecule has 1 fully saturated rings. The Hall–Kier alpha value is -2.57. The second kappa shape index (κ2) is 8.88. The highest BCUT2D eigenvalue weighted by atomic mass is 16.5. The van der Waals surface area contributed by atoms with Crippen molar-refractivity contribution in [1.82, 2.24) is 16.2 Å². The molecule has 1 heterocycles. The van der Waals surface area contributed by atoms with Crippen molar-refractivity contribution in [3.63, 3.8) is 0 Å². The molecule has 6 heteroatoms. The molecule has 0 aromatic heterocycles. The molecule has 0 spiro atoms. The summed E-state index contributed by atoms with van der Waals surface area (Å²) in [5, 5.41) is 3.15. The highest BCUT2D eigenvalue weighted by Gasteiger charge is 2.32. The SMILES string of the molecule is CCC(NC(=O)C1CC(c2ccccc2OC)NN1)c1ccc(OC)cc1. The molecule has 1 aliphatic rings. The summed E-state index contributed by atoms with van der Waals surface area (Å²) in [6.07, 6.45) is 1.47. The summed E-state index contributed by atoms with van der Waals surface area (Å²) in [5.74, 6) is 1.62. The largest absolute Gasteiger partial charge is 0.497 e. The average Bonchev–Trinajstić information content (AvgIpc) is 3.22. The van der Waals surface area contributed by atoms with Gasteiger partial charge >= 0.3 is 0 Å². The van der Waals surface area contributed by atoms with Gasteiger partial charge in [0.2, 0.25) is 5.91 Å². The van der Waals surface area contributed by atoms with Crippen LogP contribution in [0.25, 0.3) is 0 Å². The fourth-order valence-electron chi connectivity index (χ4n) is 3.42. The summed E-state index contributed by atoms with van der Waals surface area (Å²) >= 11 is 0. The number of hydrogen-bond acceptors (Lipinski definition) is 5. The Morgan fingerprint density at radius 1 is 1.11 bits per heavy atom. The van der Waals surface area contributed by atoms with Gasteiger partial charge < -0.3 is 14.8 Å². The Morgan fingerprint density at radius 3 is 2.52 bits per heavy atom. The van der Waals surface area contributed by atoms with Gasteiger partial charge in [0.05, 0.1) is 26.3 Å². The van der Waals surface area contributed by atoms with Crippen molar-refractivity contribution in [3.05, 3.63) is 59.7 Å². The van der Waals surface area contributed by atoms with Crippen LogP contribution in [0, 0.1) is 0 Å². The van der Waals surface area contributed by atoms with Crippen LogP contribution in [0.2, 0.25) is 0 Å². The van der Waals surface area contributed by atoms with Gasteiger partial charge in [-0.15, -0.1) is 0 Å². The number of rotatable bonds is 7. The number of amides is 1. The molecule has 27 heavy (non-hydrogen) atoms. The van der Waals surface area contributed by atoms with E-state index in [2.05, 4.69) is 23.1 Å². The third-order valence-corrected chi connectivity index (χ3v) is 4.98. The molecule has 0 bridgehead atoms. The molecule has 1 aliphatic heterocycles. The quantitative estimate of drug-likeness (QED) is 0.700. The van der Waals surface area contributed by atoms with Gasteiger partial charge in [0.25, 0.3) is 0 Å². The lowest BCUT2D eigenvalue weighted by molar-refractivity contribution is -0.123. The van der Waals surface area contributed by atoms with E-state index in [1.807, 2.05) is 48.5 Å². The van der Waals surface area contributed by atoms with Gasteiger partial charge in [0.1, 0.15) is 17.5 Å². The molecular weight excluding hydrogens is 342 g/mol. The van der Waals surface area contributed by atoms with Crippen molar-refractivity contribution < 1.29 is 14.3 Å². The Kier molecular flexibility index (Phi) is 6.32. The van der Waals surface area contributed by atoms with E-state index in [-0.39, 0.29) is 24.0 Å². The molecule has 2 aromatic carbocycles. The molecule has 3 atom stereocenters. The summed E-state index contributed by atoms with van der Waals surface area (Å²) in [6, 6.07) is 15.4. The summed E-state index contributed by atoms with van der Waals surface area (Å²) in [7, 11) is 3.30. The molecule has 6 nitrogen and oxygen atoms in total. The Labute approximate surface area is 160 Å². The van der Waals surface area contributed by atoms with Crippen molar-refractivity contribution in [2.75, 3.05) is 14.2 Å². The smallest absolute Gasteiger partial charge is 0.239 e. The molecule has 1 amide bonds. The molecule has 3 N–H and O–H groups in total. The van der Waals surface area contributed by atoms with E-state index >= 15 is 0 Å². The molecule has 2 aromatic rings. The number of ether oxygens (including phenoxy) is 2. The maximum absolute atomic E-state index is 12.8. The Morgan fingerprint density at radius 2 is 1.85 bits per heavy atom. The van der Waals surface area contributed by atoms with Gasteiger partial charge in [0, 0.05) is 5.56 Å². The van der Waals surface area contributed by atoms with Crippen molar-refractivity contribution in [2.24, 2.45) is 0 Å². The lowest BCUT2D eigenvalue weighted by atomic mass is 9.99. The number of hydrazine groups is 1. The number of carbonyl (C=O) groups excluding carboxylic acids is 1. The van der Waals surface area contributed by atoms with Crippen LogP contribution in [0.5, 0.6) is 11.5 Å². The van der Waals surface area contributed by atoms with Crippen LogP contribution in [-0.4, -0.2) is 26.2 Å². The molecular formula is C21H27N3O3. The number of nitrogens with one attached hydrogen (secondary N) is 3. The van der Waals surface area contributed by atoms with Crippen LogP contribution in [0.1, 0.15) is 43.0 Å². The minimum Gasteiger partial charge on any atom is -0.497 e. The zero-order valence-corrected chi connectivity index (χ0v) is 16.0. The number of methoxy groups -OCH3 is 2. The van der Waals surface area contributed by atoms with Crippen LogP contribution < -0.4 is 25.6 Å². The lowest BCUT2D eigenvalue weighted by Gasteiger charge is -2.20. The normalized spacial score (nSPS) is 20.1. The number of carbonyl (C=O) groups is 1. The monoisotopic (exact) mass is 369 g/mol. The van der Waals surface area contributed by atoms with Gasteiger partial charge in [0.15, 0.2) is 0 Å². The summed E-state index contributed by atoms with van der Waals surface area (Å²) < 4.78 is 10.6. The van der Waals surface area contributed by atoms with Gasteiger partial charge in [-0.2, -0.15) is 0 Å². The maximum atomic E-state index is 12.8. The molecule has 0 radical (unpaired) electrons. The fraction of sp³-hybridized carbons (Fsp3) is 0.381. The molecule has 3 rings (SSSR count). The number of para-hydroxylation sites is 1. The topological polar surface area (TPSA) is 71.6 Å². The van der Waals surface area contributed by atoms with Gasteiger partial charge in [-0.1, -0.05) is 37.3 Å². The zero-order valence-electron chi connectivity index (χ0n) is 16.0. The minimum absolute atomic E-state index is 0.0115. The van der Waals surface area contributed by atoms with Crippen LogP contribution in [0.4, 0.5) is 0 Å². The first kappa shape index (κ1) is 19.2. The minimum atomic E-state index is -0.299. The molecule has 0 aliphatic carbocycles. The third kappa shape index (κ3) is 4.40. The number of hydrogen-bond donors (Lipinski definition) is 3. The molecule has 0 saturated carbocycles. The van der Waals surface area contributed by atoms with Gasteiger partial charge in [-0.3, -0.25) is 4.79 Å². The second-order valence-corrected chi connectivity index (χ2v) is 6.61. The van der Waals surface area contributed by atoms with E-state index in [0.29, 0.717) is 6.42 Å². The van der Waals surface area contributed by atoms with E-state index in [1.54, 1.807) is 14.2 Å². The molecule has 144 valence electrons. The van der Waals surface area contributed by atoms with E-state index in [4.69, 9.17) is 9.47 Å². The number of benzene rings is 2. The van der Waals surface area contributed by atoms with Crippen LogP contribution in [0.3, 0.4) is 0 Å². The first-order chi connectivity index (χ1) is 13.2. The van der Waals surface area contributed by atoms with Crippen molar-refractivity contribution in [1.29, 1.82) is 0 Å². The van der Waals surface area contributed by atoms with Crippen LogP contribution in [-0.2, 0) is 4.79 Å². The van der Waals surface area contributed by atoms with Crippen molar-refractivity contribution in [2.45, 2.75) is 37.9 Å². The fourth-order valence-corrected chi connectivity index (χ4v) is 3.42. The summed E-state index contributed by atoms with van der Waals surface area (Å²) in [5.41, 5.74) is 8.45. The summed E-state index contributed by atoms with van der Waals surface area (Å²) in [4.78, 5) is 12.8. The van der Waals surface area contributed by atoms with E-state index in [0.717, 1.165) is 29.0 Å².